The van der Waals surface area contributed by atoms with E-state index in [9.17, 15) is 4.79 Å². The Labute approximate surface area is 106 Å². The molecule has 1 aliphatic heterocycles. The van der Waals surface area contributed by atoms with Crippen molar-refractivity contribution in [3.8, 4) is 0 Å². The summed E-state index contributed by atoms with van der Waals surface area (Å²) in [4.78, 5) is 17.6. The molecule has 0 aromatic heterocycles. The van der Waals surface area contributed by atoms with E-state index in [4.69, 9.17) is 10.6 Å². The number of ether oxygens (including phenoxy) is 1. The fourth-order valence-electron chi connectivity index (χ4n) is 2.22. The van der Waals surface area contributed by atoms with Crippen molar-refractivity contribution in [3.63, 3.8) is 0 Å². The third-order valence-electron chi connectivity index (χ3n) is 3.23. The van der Waals surface area contributed by atoms with Crippen molar-refractivity contribution < 1.29 is 14.4 Å². The Morgan fingerprint density at radius 2 is 2.17 bits per heavy atom. The SMILES string of the molecule is CN1CC(OCc2ccccc2)CC1C(=O)ON. The molecule has 1 heterocycles. The van der Waals surface area contributed by atoms with E-state index in [0.29, 0.717) is 19.6 Å². The monoisotopic (exact) mass is 250 g/mol. The van der Waals surface area contributed by atoms with Crippen LogP contribution in [-0.2, 0) is 21.0 Å². The summed E-state index contributed by atoms with van der Waals surface area (Å²) in [6.45, 7) is 1.27. The standard InChI is InChI=1S/C13H18N2O3/c1-15-8-11(7-12(15)13(16)18-14)17-9-10-5-3-2-4-6-10/h2-6,11-12H,7-9,14H2,1H3. The van der Waals surface area contributed by atoms with Crippen LogP contribution in [0.2, 0.25) is 0 Å². The maximum atomic E-state index is 11.4. The van der Waals surface area contributed by atoms with Gasteiger partial charge < -0.3 is 9.57 Å². The molecule has 2 unspecified atom stereocenters. The summed E-state index contributed by atoms with van der Waals surface area (Å²) in [7, 11) is 1.87. The first kappa shape index (κ1) is 13.0. The maximum Gasteiger partial charge on any atom is 0.341 e. The van der Waals surface area contributed by atoms with Gasteiger partial charge in [0.15, 0.2) is 0 Å². The van der Waals surface area contributed by atoms with E-state index in [1.807, 2.05) is 42.3 Å². The highest BCUT2D eigenvalue weighted by molar-refractivity contribution is 5.75. The zero-order valence-corrected chi connectivity index (χ0v) is 10.4. The third-order valence-corrected chi connectivity index (χ3v) is 3.23. The highest BCUT2D eigenvalue weighted by atomic mass is 16.7. The molecule has 0 aliphatic carbocycles. The van der Waals surface area contributed by atoms with Gasteiger partial charge in [-0.2, -0.15) is 5.90 Å². The predicted molar refractivity (Wildman–Crippen MR) is 66.3 cm³/mol. The van der Waals surface area contributed by atoms with Crippen molar-refractivity contribution >= 4 is 5.97 Å². The van der Waals surface area contributed by atoms with Gasteiger partial charge in [-0.3, -0.25) is 4.90 Å². The van der Waals surface area contributed by atoms with Gasteiger partial charge in [0.05, 0.1) is 12.7 Å². The Morgan fingerprint density at radius 1 is 1.44 bits per heavy atom. The van der Waals surface area contributed by atoms with Crippen molar-refractivity contribution in [1.29, 1.82) is 0 Å². The van der Waals surface area contributed by atoms with Gasteiger partial charge in [-0.15, -0.1) is 0 Å². The smallest absolute Gasteiger partial charge is 0.341 e. The van der Waals surface area contributed by atoms with Crippen LogP contribution < -0.4 is 5.90 Å². The van der Waals surface area contributed by atoms with Crippen LogP contribution in [0.15, 0.2) is 30.3 Å². The molecule has 1 fully saturated rings. The van der Waals surface area contributed by atoms with E-state index in [2.05, 4.69) is 4.84 Å². The molecule has 2 rings (SSSR count). The van der Waals surface area contributed by atoms with Gasteiger partial charge in [-0.05, 0) is 12.6 Å². The minimum atomic E-state index is -0.400. The van der Waals surface area contributed by atoms with Crippen LogP contribution in [0.4, 0.5) is 0 Å². The molecule has 1 aromatic carbocycles. The quantitative estimate of drug-likeness (QED) is 0.797. The highest BCUT2D eigenvalue weighted by Crippen LogP contribution is 2.20. The largest absolute Gasteiger partial charge is 0.372 e. The molecular weight excluding hydrogens is 232 g/mol. The van der Waals surface area contributed by atoms with Crippen molar-refractivity contribution in [2.45, 2.75) is 25.2 Å². The van der Waals surface area contributed by atoms with Gasteiger partial charge in [0.1, 0.15) is 6.04 Å². The Balaban J connectivity index is 1.84. The molecule has 2 N–H and O–H groups in total. The van der Waals surface area contributed by atoms with Crippen LogP contribution in [-0.4, -0.2) is 36.6 Å². The molecule has 0 spiro atoms. The molecule has 1 saturated heterocycles. The van der Waals surface area contributed by atoms with Crippen LogP contribution >= 0.6 is 0 Å². The molecule has 5 heteroatoms. The number of likely N-dealkylation sites (N-methyl/N-ethyl adjacent to an activating group) is 1. The Morgan fingerprint density at radius 3 is 2.83 bits per heavy atom. The minimum absolute atomic E-state index is 0.0410. The number of likely N-dealkylation sites (tertiary alicyclic amines) is 1. The minimum Gasteiger partial charge on any atom is -0.372 e. The molecule has 98 valence electrons. The average Bonchev–Trinajstić information content (AvgIpc) is 2.78. The summed E-state index contributed by atoms with van der Waals surface area (Å²) in [5, 5.41) is 0. The van der Waals surface area contributed by atoms with E-state index < -0.39 is 5.97 Å². The number of carbonyl (C=O) groups excluding carboxylic acids is 1. The molecule has 0 saturated carbocycles. The lowest BCUT2D eigenvalue weighted by atomic mass is 10.2. The summed E-state index contributed by atoms with van der Waals surface area (Å²) in [6.07, 6.45) is 0.665. The van der Waals surface area contributed by atoms with E-state index >= 15 is 0 Å². The van der Waals surface area contributed by atoms with Crippen LogP contribution in [0.5, 0.6) is 0 Å². The summed E-state index contributed by atoms with van der Waals surface area (Å²) in [5.74, 6) is 4.51. The second-order valence-electron chi connectivity index (χ2n) is 4.55. The number of carbonyl (C=O) groups is 1. The predicted octanol–water partition coefficient (Wildman–Crippen LogP) is 0.693. The van der Waals surface area contributed by atoms with Gasteiger partial charge in [0.25, 0.3) is 0 Å². The molecule has 1 aliphatic rings. The number of nitrogens with zero attached hydrogens (tertiary/aromatic N) is 1. The van der Waals surface area contributed by atoms with Gasteiger partial charge in [0.2, 0.25) is 0 Å². The van der Waals surface area contributed by atoms with E-state index in [-0.39, 0.29) is 12.1 Å². The van der Waals surface area contributed by atoms with Crippen LogP contribution in [0.25, 0.3) is 0 Å². The lowest BCUT2D eigenvalue weighted by molar-refractivity contribution is -0.149. The zero-order valence-electron chi connectivity index (χ0n) is 10.4. The van der Waals surface area contributed by atoms with Crippen LogP contribution in [0, 0.1) is 0 Å². The first-order chi connectivity index (χ1) is 8.70. The fraction of sp³-hybridized carbons (Fsp3) is 0.462. The summed E-state index contributed by atoms with van der Waals surface area (Å²) in [6, 6.07) is 9.67. The molecule has 5 nitrogen and oxygen atoms in total. The van der Waals surface area contributed by atoms with Gasteiger partial charge in [0, 0.05) is 13.0 Å². The number of hydrogen-bond donors (Lipinski definition) is 1. The molecule has 1 aromatic rings. The van der Waals surface area contributed by atoms with Gasteiger partial charge in [-0.1, -0.05) is 30.3 Å². The number of nitrogens with two attached hydrogens (primary N) is 1. The lowest BCUT2D eigenvalue weighted by Gasteiger charge is -2.14. The second-order valence-corrected chi connectivity index (χ2v) is 4.55. The maximum absolute atomic E-state index is 11.4. The molecular formula is C13H18N2O3. The zero-order chi connectivity index (χ0) is 13.0. The first-order valence-corrected chi connectivity index (χ1v) is 5.97. The summed E-state index contributed by atoms with van der Waals surface area (Å²) in [5.41, 5.74) is 1.13. The van der Waals surface area contributed by atoms with E-state index in [0.717, 1.165) is 5.56 Å². The Hall–Kier alpha value is -1.43. The van der Waals surface area contributed by atoms with Crippen molar-refractivity contribution in [2.24, 2.45) is 5.90 Å². The molecule has 0 bridgehead atoms. The van der Waals surface area contributed by atoms with Crippen molar-refractivity contribution in [1.82, 2.24) is 4.90 Å². The van der Waals surface area contributed by atoms with E-state index in [1.54, 1.807) is 0 Å². The van der Waals surface area contributed by atoms with Gasteiger partial charge >= 0.3 is 5.97 Å². The number of benzene rings is 1. The number of rotatable bonds is 4. The first-order valence-electron chi connectivity index (χ1n) is 5.97. The van der Waals surface area contributed by atoms with Crippen molar-refractivity contribution in [2.75, 3.05) is 13.6 Å². The van der Waals surface area contributed by atoms with Crippen LogP contribution in [0.1, 0.15) is 12.0 Å². The Kier molecular flexibility index (Phi) is 4.30. The Bertz CT molecular complexity index is 396. The van der Waals surface area contributed by atoms with Crippen LogP contribution in [0.3, 0.4) is 0 Å². The average molecular weight is 250 g/mol. The summed E-state index contributed by atoms with van der Waals surface area (Å²) < 4.78 is 5.79. The molecule has 2 atom stereocenters. The fourth-order valence-corrected chi connectivity index (χ4v) is 2.22. The topological polar surface area (TPSA) is 64.8 Å². The third kappa shape index (κ3) is 3.07. The number of hydrogen-bond acceptors (Lipinski definition) is 5. The normalized spacial score (nSPS) is 24.1. The highest BCUT2D eigenvalue weighted by Gasteiger charge is 2.36. The molecule has 0 amide bonds. The lowest BCUT2D eigenvalue weighted by Crippen LogP contribution is -2.35. The second kappa shape index (κ2) is 5.95. The van der Waals surface area contributed by atoms with Gasteiger partial charge in [-0.25, -0.2) is 4.79 Å². The van der Waals surface area contributed by atoms with E-state index in [1.165, 1.54) is 0 Å². The molecule has 18 heavy (non-hydrogen) atoms. The summed E-state index contributed by atoms with van der Waals surface area (Å²) >= 11 is 0. The van der Waals surface area contributed by atoms with Crippen molar-refractivity contribution in [3.05, 3.63) is 35.9 Å². The molecule has 0 radical (unpaired) electrons.